The van der Waals surface area contributed by atoms with E-state index in [0.717, 1.165) is 38.9 Å². The lowest BCUT2D eigenvalue weighted by atomic mass is 9.92. The molecule has 4 heteroatoms. The fourth-order valence-corrected chi connectivity index (χ4v) is 2.01. The first-order valence-electron chi connectivity index (χ1n) is 7.59. The number of unbranched alkanes of at least 4 members (excludes halogenated alkanes) is 1. The highest BCUT2D eigenvalue weighted by Crippen LogP contribution is 2.17. The second-order valence-corrected chi connectivity index (χ2v) is 6.16. The summed E-state index contributed by atoms with van der Waals surface area (Å²) in [5.74, 6) is 0.134. The maximum atomic E-state index is 12.1. The van der Waals surface area contributed by atoms with E-state index >= 15 is 0 Å². The average molecular weight is 271 g/mol. The van der Waals surface area contributed by atoms with Gasteiger partial charge in [0.15, 0.2) is 0 Å². The molecule has 0 heterocycles. The first kappa shape index (κ1) is 18.4. The number of hydrogen-bond donors (Lipinski definition) is 2. The van der Waals surface area contributed by atoms with Crippen LogP contribution >= 0.6 is 0 Å². The quantitative estimate of drug-likeness (QED) is 0.597. The molecule has 0 fully saturated rings. The molecule has 4 nitrogen and oxygen atoms in total. The summed E-state index contributed by atoms with van der Waals surface area (Å²) in [6.45, 7) is 13.8. The predicted molar refractivity (Wildman–Crippen MR) is 82.1 cm³/mol. The molecule has 0 radical (unpaired) electrons. The van der Waals surface area contributed by atoms with Crippen LogP contribution in [0, 0.1) is 5.41 Å². The van der Waals surface area contributed by atoms with Gasteiger partial charge in [0.2, 0.25) is 5.91 Å². The maximum absolute atomic E-state index is 12.1. The number of carbonyl (C=O) groups is 1. The Labute approximate surface area is 119 Å². The molecule has 0 saturated carbocycles. The van der Waals surface area contributed by atoms with E-state index in [1.807, 2.05) is 6.92 Å². The number of carbonyl (C=O) groups excluding carboxylic acids is 1. The molecule has 0 aliphatic heterocycles. The zero-order chi connectivity index (χ0) is 14.9. The fraction of sp³-hybridized carbons (Fsp3) is 0.933. The standard InChI is InChI=1S/C15H33N3O/c1-6-8-9-17-14(19)13(3)18(10-7-2)12-15(4,5)11-16/h13H,6-12,16H2,1-5H3,(H,17,19). The highest BCUT2D eigenvalue weighted by Gasteiger charge is 2.26. The minimum Gasteiger partial charge on any atom is -0.355 e. The highest BCUT2D eigenvalue weighted by molar-refractivity contribution is 5.81. The van der Waals surface area contributed by atoms with E-state index in [0.29, 0.717) is 6.54 Å². The molecule has 0 aromatic carbocycles. The molecule has 1 amide bonds. The third-order valence-electron chi connectivity index (χ3n) is 3.45. The van der Waals surface area contributed by atoms with Crippen LogP contribution in [0.5, 0.6) is 0 Å². The second kappa shape index (κ2) is 9.32. The van der Waals surface area contributed by atoms with Crippen molar-refractivity contribution in [2.75, 3.05) is 26.2 Å². The largest absolute Gasteiger partial charge is 0.355 e. The van der Waals surface area contributed by atoms with Crippen LogP contribution in [0.2, 0.25) is 0 Å². The molecular formula is C15H33N3O. The lowest BCUT2D eigenvalue weighted by molar-refractivity contribution is -0.126. The molecule has 0 bridgehead atoms. The van der Waals surface area contributed by atoms with Crippen LogP contribution in [0.3, 0.4) is 0 Å². The van der Waals surface area contributed by atoms with Gasteiger partial charge in [-0.1, -0.05) is 34.1 Å². The highest BCUT2D eigenvalue weighted by atomic mass is 16.2. The fourth-order valence-electron chi connectivity index (χ4n) is 2.01. The van der Waals surface area contributed by atoms with Crippen molar-refractivity contribution in [3.8, 4) is 0 Å². The first-order chi connectivity index (χ1) is 8.87. The van der Waals surface area contributed by atoms with Gasteiger partial charge in [-0.25, -0.2) is 0 Å². The Hall–Kier alpha value is -0.610. The molecule has 0 aromatic heterocycles. The summed E-state index contributed by atoms with van der Waals surface area (Å²) in [5, 5.41) is 3.01. The minimum absolute atomic E-state index is 0.0487. The van der Waals surface area contributed by atoms with Crippen molar-refractivity contribution in [2.24, 2.45) is 11.1 Å². The summed E-state index contributed by atoms with van der Waals surface area (Å²) < 4.78 is 0. The van der Waals surface area contributed by atoms with Crippen molar-refractivity contribution < 1.29 is 4.79 Å². The van der Waals surface area contributed by atoms with Crippen LogP contribution < -0.4 is 11.1 Å². The van der Waals surface area contributed by atoms with Gasteiger partial charge in [-0.05, 0) is 38.3 Å². The summed E-state index contributed by atoms with van der Waals surface area (Å²) in [6, 6.07) is -0.0809. The molecule has 1 unspecified atom stereocenters. The SMILES string of the molecule is CCCCNC(=O)C(C)N(CCC)CC(C)(C)CN. The Morgan fingerprint density at radius 2 is 1.95 bits per heavy atom. The third-order valence-corrected chi connectivity index (χ3v) is 3.45. The zero-order valence-corrected chi connectivity index (χ0v) is 13.5. The Kier molecular flexibility index (Phi) is 9.02. The molecule has 114 valence electrons. The van der Waals surface area contributed by atoms with Gasteiger partial charge in [-0.3, -0.25) is 9.69 Å². The van der Waals surface area contributed by atoms with Crippen molar-refractivity contribution in [3.05, 3.63) is 0 Å². The van der Waals surface area contributed by atoms with Crippen LogP contribution in [-0.4, -0.2) is 43.0 Å². The van der Waals surface area contributed by atoms with Gasteiger partial charge in [-0.15, -0.1) is 0 Å². The van der Waals surface area contributed by atoms with E-state index in [-0.39, 0.29) is 17.4 Å². The summed E-state index contributed by atoms with van der Waals surface area (Å²) in [7, 11) is 0. The number of nitrogens with one attached hydrogen (secondary N) is 1. The summed E-state index contributed by atoms with van der Waals surface area (Å²) in [6.07, 6.45) is 3.20. The number of nitrogens with two attached hydrogens (primary N) is 1. The summed E-state index contributed by atoms with van der Waals surface area (Å²) in [5.41, 5.74) is 5.85. The first-order valence-corrected chi connectivity index (χ1v) is 7.59. The van der Waals surface area contributed by atoms with Gasteiger partial charge in [0, 0.05) is 13.1 Å². The Balaban J connectivity index is 4.46. The lowest BCUT2D eigenvalue weighted by Crippen LogP contribution is -2.50. The van der Waals surface area contributed by atoms with Crippen molar-refractivity contribution in [2.45, 2.75) is 59.9 Å². The molecule has 0 rings (SSSR count). The second-order valence-electron chi connectivity index (χ2n) is 6.16. The molecule has 0 saturated heterocycles. The number of hydrogen-bond acceptors (Lipinski definition) is 3. The van der Waals surface area contributed by atoms with Gasteiger partial charge in [0.1, 0.15) is 0 Å². The average Bonchev–Trinajstić information content (AvgIpc) is 2.37. The van der Waals surface area contributed by atoms with Crippen molar-refractivity contribution in [1.82, 2.24) is 10.2 Å². The van der Waals surface area contributed by atoms with Crippen LogP contribution in [-0.2, 0) is 4.79 Å². The van der Waals surface area contributed by atoms with E-state index in [2.05, 4.69) is 37.9 Å². The number of nitrogens with zero attached hydrogens (tertiary/aromatic N) is 1. The van der Waals surface area contributed by atoms with E-state index in [1.165, 1.54) is 0 Å². The van der Waals surface area contributed by atoms with Gasteiger partial charge in [-0.2, -0.15) is 0 Å². The van der Waals surface area contributed by atoms with Crippen LogP contribution in [0.15, 0.2) is 0 Å². The normalized spacial score (nSPS) is 13.6. The molecule has 0 spiro atoms. The molecule has 1 atom stereocenters. The van der Waals surface area contributed by atoms with Gasteiger partial charge >= 0.3 is 0 Å². The lowest BCUT2D eigenvalue weighted by Gasteiger charge is -2.35. The van der Waals surface area contributed by atoms with Gasteiger partial charge in [0.25, 0.3) is 0 Å². The van der Waals surface area contributed by atoms with E-state index in [1.54, 1.807) is 0 Å². The predicted octanol–water partition coefficient (Wildman–Crippen LogP) is 1.99. The maximum Gasteiger partial charge on any atom is 0.237 e. The molecule has 0 aromatic rings. The smallest absolute Gasteiger partial charge is 0.237 e. The van der Waals surface area contributed by atoms with E-state index in [9.17, 15) is 4.79 Å². The van der Waals surface area contributed by atoms with E-state index < -0.39 is 0 Å². The molecular weight excluding hydrogens is 238 g/mol. The Bertz CT molecular complexity index is 254. The molecule has 0 aliphatic rings. The zero-order valence-electron chi connectivity index (χ0n) is 13.5. The Morgan fingerprint density at radius 3 is 2.42 bits per heavy atom. The van der Waals surface area contributed by atoms with Crippen molar-refractivity contribution in [3.63, 3.8) is 0 Å². The summed E-state index contributed by atoms with van der Waals surface area (Å²) in [4.78, 5) is 14.4. The van der Waals surface area contributed by atoms with Gasteiger partial charge in [0.05, 0.1) is 6.04 Å². The molecule has 0 aliphatic carbocycles. The number of rotatable bonds is 10. The Morgan fingerprint density at radius 1 is 1.32 bits per heavy atom. The van der Waals surface area contributed by atoms with Crippen molar-refractivity contribution >= 4 is 5.91 Å². The number of amides is 1. The summed E-state index contributed by atoms with van der Waals surface area (Å²) >= 11 is 0. The van der Waals surface area contributed by atoms with Crippen LogP contribution in [0.1, 0.15) is 53.9 Å². The molecule has 3 N–H and O–H groups in total. The third kappa shape index (κ3) is 7.53. The van der Waals surface area contributed by atoms with Crippen LogP contribution in [0.25, 0.3) is 0 Å². The minimum atomic E-state index is -0.0809. The van der Waals surface area contributed by atoms with Crippen LogP contribution in [0.4, 0.5) is 0 Å². The topological polar surface area (TPSA) is 58.4 Å². The monoisotopic (exact) mass is 271 g/mol. The van der Waals surface area contributed by atoms with Crippen molar-refractivity contribution in [1.29, 1.82) is 0 Å². The van der Waals surface area contributed by atoms with E-state index in [4.69, 9.17) is 5.73 Å². The molecule has 19 heavy (non-hydrogen) atoms. The van der Waals surface area contributed by atoms with Gasteiger partial charge < -0.3 is 11.1 Å².